The Morgan fingerprint density at radius 1 is 0.895 bits per heavy atom. The quantitative estimate of drug-likeness (QED) is 0.493. The summed E-state index contributed by atoms with van der Waals surface area (Å²) in [5, 5.41) is 3.89. The fourth-order valence-corrected chi connectivity index (χ4v) is 10.9. The fraction of sp³-hybridized carbons (Fsp3) is 0.562. The zero-order valence-corrected chi connectivity index (χ0v) is 22.8. The highest BCUT2D eigenvalue weighted by Gasteiger charge is 2.52. The number of sulfonamides is 1. The second kappa shape index (κ2) is 8.67. The van der Waals surface area contributed by atoms with E-state index in [0.717, 1.165) is 24.2 Å². The van der Waals surface area contributed by atoms with Crippen LogP contribution >= 0.6 is 0 Å². The van der Waals surface area contributed by atoms with Crippen molar-refractivity contribution in [1.82, 2.24) is 4.31 Å². The van der Waals surface area contributed by atoms with E-state index in [4.69, 9.17) is 4.74 Å². The molecule has 5 fully saturated rings. The van der Waals surface area contributed by atoms with Crippen LogP contribution in [0.1, 0.15) is 73.6 Å². The van der Waals surface area contributed by atoms with Gasteiger partial charge < -0.3 is 10.1 Å². The molecular formula is C32H38N2O3S. The van der Waals surface area contributed by atoms with Crippen molar-refractivity contribution in [3.05, 3.63) is 71.3 Å². The summed E-state index contributed by atoms with van der Waals surface area (Å²) in [6, 6.07) is 15.2. The molecule has 2 aliphatic heterocycles. The van der Waals surface area contributed by atoms with Crippen molar-refractivity contribution in [2.24, 2.45) is 23.7 Å². The first-order chi connectivity index (χ1) is 18.5. The molecule has 0 radical (unpaired) electrons. The number of ether oxygens (including phenoxy) is 1. The Labute approximate surface area is 226 Å². The first-order valence-corrected chi connectivity index (χ1v) is 16.2. The molecule has 0 amide bonds. The normalized spacial score (nSPS) is 37.6. The van der Waals surface area contributed by atoms with Gasteiger partial charge in [0.15, 0.2) is 0 Å². The number of fused-ring (bicyclic) bond motifs is 3. The van der Waals surface area contributed by atoms with E-state index in [1.165, 1.54) is 55.3 Å². The minimum Gasteiger partial charge on any atom is -0.379 e. The molecule has 1 saturated heterocycles. The third-order valence-corrected chi connectivity index (χ3v) is 12.8. The molecule has 4 bridgehead atoms. The molecule has 2 aromatic carbocycles. The van der Waals surface area contributed by atoms with Crippen LogP contribution < -0.4 is 5.32 Å². The highest BCUT2D eigenvalue weighted by Crippen LogP contribution is 2.61. The molecule has 2 heterocycles. The second-order valence-electron chi connectivity index (χ2n) is 13.1. The van der Waals surface area contributed by atoms with Gasteiger partial charge in [-0.1, -0.05) is 36.4 Å². The predicted octanol–water partition coefficient (Wildman–Crippen LogP) is 6.00. The van der Waals surface area contributed by atoms with E-state index in [0.29, 0.717) is 48.4 Å². The summed E-state index contributed by atoms with van der Waals surface area (Å²) in [5.41, 5.74) is 5.91. The molecular weight excluding hydrogens is 492 g/mol. The Morgan fingerprint density at radius 2 is 1.58 bits per heavy atom. The van der Waals surface area contributed by atoms with Crippen molar-refractivity contribution in [3.8, 4) is 0 Å². The minimum absolute atomic E-state index is 0.174. The van der Waals surface area contributed by atoms with Crippen LogP contribution in [0.4, 0.5) is 5.69 Å². The fourth-order valence-electron chi connectivity index (χ4n) is 9.50. The zero-order valence-electron chi connectivity index (χ0n) is 22.0. The lowest BCUT2D eigenvalue weighted by Gasteiger charge is -2.57. The van der Waals surface area contributed by atoms with Gasteiger partial charge in [0.2, 0.25) is 10.0 Å². The molecule has 1 N–H and O–H groups in total. The highest BCUT2D eigenvalue weighted by atomic mass is 32.2. The van der Waals surface area contributed by atoms with E-state index in [2.05, 4.69) is 35.7 Å². The number of nitrogens with zero attached hydrogens (tertiary/aromatic N) is 1. The minimum atomic E-state index is -3.48. The van der Waals surface area contributed by atoms with Crippen LogP contribution in [-0.2, 0) is 20.2 Å². The average molecular weight is 531 g/mol. The summed E-state index contributed by atoms with van der Waals surface area (Å²) in [4.78, 5) is 0.376. The van der Waals surface area contributed by atoms with Gasteiger partial charge in [-0.3, -0.25) is 0 Å². The second-order valence-corrected chi connectivity index (χ2v) is 15.0. The van der Waals surface area contributed by atoms with Crippen LogP contribution in [0.15, 0.2) is 59.5 Å². The van der Waals surface area contributed by atoms with E-state index in [1.807, 2.05) is 12.1 Å². The summed E-state index contributed by atoms with van der Waals surface area (Å²) < 4.78 is 33.1. The number of hydrogen-bond donors (Lipinski definition) is 1. The lowest BCUT2D eigenvalue weighted by atomic mass is 9.48. The maximum atomic E-state index is 13.1. The third kappa shape index (κ3) is 3.66. The van der Waals surface area contributed by atoms with E-state index in [9.17, 15) is 8.42 Å². The molecule has 0 spiro atoms. The van der Waals surface area contributed by atoms with Crippen LogP contribution in [0, 0.1) is 23.7 Å². The monoisotopic (exact) mass is 530 g/mol. The summed E-state index contributed by atoms with van der Waals surface area (Å²) in [6.45, 7) is 1.77. The van der Waals surface area contributed by atoms with Crippen LogP contribution in [-0.4, -0.2) is 39.0 Å². The lowest BCUT2D eigenvalue weighted by Crippen LogP contribution is -2.48. The molecule has 7 aliphatic rings. The van der Waals surface area contributed by atoms with Crippen LogP contribution in [0.5, 0.6) is 0 Å². The topological polar surface area (TPSA) is 58.6 Å². The number of morpholine rings is 1. The molecule has 0 unspecified atom stereocenters. The Kier molecular flexibility index (Phi) is 5.41. The molecule has 38 heavy (non-hydrogen) atoms. The Bertz CT molecular complexity index is 1340. The van der Waals surface area contributed by atoms with Gasteiger partial charge in [-0.2, -0.15) is 4.31 Å². The molecule has 2 aromatic rings. The van der Waals surface area contributed by atoms with Gasteiger partial charge >= 0.3 is 0 Å². The number of allylic oxidation sites excluding steroid dienone is 2. The van der Waals surface area contributed by atoms with Gasteiger partial charge in [-0.05, 0) is 109 Å². The molecule has 9 rings (SSSR count). The molecule has 200 valence electrons. The average Bonchev–Trinajstić information content (AvgIpc) is 3.43. The van der Waals surface area contributed by atoms with E-state index in [1.54, 1.807) is 22.0 Å². The smallest absolute Gasteiger partial charge is 0.243 e. The number of benzene rings is 2. The van der Waals surface area contributed by atoms with Crippen LogP contribution in [0.2, 0.25) is 0 Å². The molecule has 0 aromatic heterocycles. The molecule has 6 heteroatoms. The van der Waals surface area contributed by atoms with Crippen molar-refractivity contribution < 1.29 is 13.2 Å². The number of rotatable bonds is 4. The number of nitrogens with one attached hydrogen (secondary N) is 1. The van der Waals surface area contributed by atoms with Gasteiger partial charge in [0.05, 0.1) is 24.2 Å². The Balaban J connectivity index is 1.08. The van der Waals surface area contributed by atoms with Crippen molar-refractivity contribution in [3.63, 3.8) is 0 Å². The van der Waals surface area contributed by atoms with Gasteiger partial charge in [-0.15, -0.1) is 0 Å². The molecule has 4 saturated carbocycles. The van der Waals surface area contributed by atoms with Crippen LogP contribution in [0.3, 0.4) is 0 Å². The lowest BCUT2D eigenvalue weighted by molar-refractivity contribution is -0.00523. The van der Waals surface area contributed by atoms with Gasteiger partial charge in [-0.25, -0.2) is 8.42 Å². The summed E-state index contributed by atoms with van der Waals surface area (Å²) in [7, 11) is -3.48. The van der Waals surface area contributed by atoms with Crippen molar-refractivity contribution in [2.45, 2.75) is 67.2 Å². The third-order valence-electron chi connectivity index (χ3n) is 10.9. The number of anilines is 1. The first-order valence-electron chi connectivity index (χ1n) is 14.7. The van der Waals surface area contributed by atoms with Crippen molar-refractivity contribution >= 4 is 15.7 Å². The SMILES string of the molecule is O=S(=O)(c1ccc([C@@H]2Nc3ccc(C45CC6CC(CC(C6)C4)C5)cc3[C@@H]3C=CC[C@@H]32)cc1)N1CCOCC1. The zero-order chi connectivity index (χ0) is 25.5. The van der Waals surface area contributed by atoms with E-state index in [-0.39, 0.29) is 6.04 Å². The highest BCUT2D eigenvalue weighted by molar-refractivity contribution is 7.89. The standard InChI is InChI=1S/C32H38N2O3S/c35-38(36,34-10-12-37-13-11-34)26-7-4-24(5-8-26)31-28-3-1-2-27(28)29-17-25(6-9-30(29)33-31)32-18-21-14-22(19-32)16-23(15-21)20-32/h1-2,4-9,17,21-23,27-28,31,33H,3,10-16,18-20H2/t21?,22?,23?,27-,28+,31+,32?/m1/s1. The Hall–Kier alpha value is -2.15. The van der Waals surface area contributed by atoms with E-state index < -0.39 is 10.0 Å². The molecule has 3 atom stereocenters. The Morgan fingerprint density at radius 3 is 2.26 bits per heavy atom. The van der Waals surface area contributed by atoms with Crippen molar-refractivity contribution in [1.29, 1.82) is 0 Å². The first kappa shape index (κ1) is 23.7. The maximum Gasteiger partial charge on any atom is 0.243 e. The van der Waals surface area contributed by atoms with Crippen molar-refractivity contribution in [2.75, 3.05) is 31.6 Å². The van der Waals surface area contributed by atoms with Crippen LogP contribution in [0.25, 0.3) is 0 Å². The molecule has 5 aliphatic carbocycles. The van der Waals surface area contributed by atoms with E-state index >= 15 is 0 Å². The maximum absolute atomic E-state index is 13.1. The van der Waals surface area contributed by atoms with Gasteiger partial charge in [0.1, 0.15) is 0 Å². The summed E-state index contributed by atoms with van der Waals surface area (Å²) >= 11 is 0. The van der Waals surface area contributed by atoms with Gasteiger partial charge in [0.25, 0.3) is 0 Å². The summed E-state index contributed by atoms with van der Waals surface area (Å²) in [5.74, 6) is 3.73. The number of hydrogen-bond acceptors (Lipinski definition) is 4. The molecule has 5 nitrogen and oxygen atoms in total. The van der Waals surface area contributed by atoms with Gasteiger partial charge in [0, 0.05) is 24.7 Å². The predicted molar refractivity (Wildman–Crippen MR) is 149 cm³/mol. The largest absolute Gasteiger partial charge is 0.379 e. The summed E-state index contributed by atoms with van der Waals surface area (Å²) in [6.07, 6.45) is 14.5.